The van der Waals surface area contributed by atoms with Crippen LogP contribution in [0.15, 0.2) is 84.9 Å². The molecule has 2 atom stereocenters. The lowest BCUT2D eigenvalue weighted by atomic mass is 9.84. The maximum atomic E-state index is 13.2. The second-order valence-corrected chi connectivity index (χ2v) is 7.20. The molecule has 0 unspecified atom stereocenters. The molecular formula is C25H23NO4. The number of anilines is 1. The van der Waals surface area contributed by atoms with Crippen LogP contribution in [0.25, 0.3) is 0 Å². The molecule has 5 nitrogen and oxygen atoms in total. The Morgan fingerprint density at radius 3 is 2.13 bits per heavy atom. The summed E-state index contributed by atoms with van der Waals surface area (Å²) in [6.07, 6.45) is 0.723. The Balaban J connectivity index is 1.71. The van der Waals surface area contributed by atoms with Crippen molar-refractivity contribution in [3.8, 4) is 11.5 Å². The molecule has 1 aliphatic rings. The van der Waals surface area contributed by atoms with E-state index in [4.69, 9.17) is 9.47 Å². The molecule has 152 valence electrons. The fraction of sp³-hybridized carbons (Fsp3) is 0.200. The first-order valence-electron chi connectivity index (χ1n) is 9.95. The minimum Gasteiger partial charge on any atom is -0.497 e. The second kappa shape index (κ2) is 8.82. The van der Waals surface area contributed by atoms with E-state index in [0.29, 0.717) is 17.9 Å². The van der Waals surface area contributed by atoms with Gasteiger partial charge in [-0.1, -0.05) is 48.5 Å². The van der Waals surface area contributed by atoms with Gasteiger partial charge in [0, 0.05) is 12.1 Å². The van der Waals surface area contributed by atoms with Crippen molar-refractivity contribution in [2.45, 2.75) is 18.9 Å². The number of hydrogen-bond acceptors (Lipinski definition) is 4. The zero-order valence-electron chi connectivity index (χ0n) is 16.7. The molecule has 0 N–H and O–H groups in total. The van der Waals surface area contributed by atoms with Crippen LogP contribution in [0.3, 0.4) is 0 Å². The Kier molecular flexibility index (Phi) is 5.80. The van der Waals surface area contributed by atoms with Crippen LogP contribution in [0, 0.1) is 5.92 Å². The van der Waals surface area contributed by atoms with Crippen LogP contribution >= 0.6 is 0 Å². The predicted octanol–water partition coefficient (Wildman–Crippen LogP) is 4.79. The van der Waals surface area contributed by atoms with Gasteiger partial charge >= 0.3 is 5.97 Å². The molecule has 0 saturated carbocycles. The molecule has 5 heteroatoms. The van der Waals surface area contributed by atoms with E-state index in [1.807, 2.05) is 72.8 Å². The minimum atomic E-state index is -0.479. The van der Waals surface area contributed by atoms with Gasteiger partial charge in [0.15, 0.2) is 0 Å². The fourth-order valence-electron chi connectivity index (χ4n) is 3.90. The van der Waals surface area contributed by atoms with Crippen LogP contribution in [-0.2, 0) is 9.59 Å². The van der Waals surface area contributed by atoms with Crippen LogP contribution in [0.4, 0.5) is 5.69 Å². The van der Waals surface area contributed by atoms with E-state index in [1.54, 1.807) is 24.1 Å². The molecule has 0 aliphatic carbocycles. The molecule has 1 fully saturated rings. The fourth-order valence-corrected chi connectivity index (χ4v) is 3.90. The zero-order chi connectivity index (χ0) is 20.9. The van der Waals surface area contributed by atoms with Gasteiger partial charge in [-0.25, -0.2) is 0 Å². The number of esters is 1. The van der Waals surface area contributed by atoms with Gasteiger partial charge in [-0.05, 0) is 48.4 Å². The summed E-state index contributed by atoms with van der Waals surface area (Å²) >= 11 is 0. The number of hydrogen-bond donors (Lipinski definition) is 0. The highest BCUT2D eigenvalue weighted by molar-refractivity contribution is 5.97. The number of carbonyl (C=O) groups is 2. The first-order valence-corrected chi connectivity index (χ1v) is 9.95. The molecule has 0 bridgehead atoms. The van der Waals surface area contributed by atoms with Gasteiger partial charge in [-0.15, -0.1) is 0 Å². The molecule has 1 heterocycles. The van der Waals surface area contributed by atoms with Crippen molar-refractivity contribution in [1.29, 1.82) is 0 Å². The number of para-hydroxylation sites is 1. The first kappa shape index (κ1) is 19.7. The third kappa shape index (κ3) is 4.06. The van der Waals surface area contributed by atoms with E-state index in [2.05, 4.69) is 0 Å². The van der Waals surface area contributed by atoms with E-state index < -0.39 is 12.0 Å². The molecule has 1 saturated heterocycles. The summed E-state index contributed by atoms with van der Waals surface area (Å²) < 4.78 is 10.9. The molecule has 3 aromatic rings. The molecule has 3 aromatic carbocycles. The predicted molar refractivity (Wildman–Crippen MR) is 114 cm³/mol. The lowest BCUT2D eigenvalue weighted by Gasteiger charge is -2.40. The Morgan fingerprint density at radius 2 is 1.50 bits per heavy atom. The number of nitrogens with zero attached hydrogens (tertiary/aromatic N) is 1. The summed E-state index contributed by atoms with van der Waals surface area (Å²) in [6.45, 7) is 0. The average Bonchev–Trinajstić information content (AvgIpc) is 2.80. The Morgan fingerprint density at radius 1 is 0.867 bits per heavy atom. The van der Waals surface area contributed by atoms with Gasteiger partial charge < -0.3 is 14.4 Å². The average molecular weight is 401 g/mol. The smallest absolute Gasteiger partial charge is 0.316 e. The van der Waals surface area contributed by atoms with Crippen LogP contribution in [0.1, 0.15) is 24.4 Å². The van der Waals surface area contributed by atoms with Crippen molar-refractivity contribution in [3.05, 3.63) is 90.5 Å². The standard InChI is InChI=1S/C25H23NO4/c1-29-20-14-12-19(13-15-20)26-23(27)17-16-22(24(26)18-8-4-2-5-9-18)25(28)30-21-10-6-3-7-11-21/h2-15,22,24H,16-17H2,1H3/t22-,24-/m0/s1. The van der Waals surface area contributed by atoms with Gasteiger partial charge in [-0.2, -0.15) is 0 Å². The number of rotatable bonds is 5. The number of methoxy groups -OCH3 is 1. The van der Waals surface area contributed by atoms with E-state index in [9.17, 15) is 9.59 Å². The van der Waals surface area contributed by atoms with Gasteiger partial charge in [-0.3, -0.25) is 9.59 Å². The third-order valence-electron chi connectivity index (χ3n) is 5.35. The van der Waals surface area contributed by atoms with E-state index in [1.165, 1.54) is 0 Å². The van der Waals surface area contributed by atoms with Crippen molar-refractivity contribution in [1.82, 2.24) is 0 Å². The normalized spacial score (nSPS) is 18.7. The number of benzene rings is 3. The molecular weight excluding hydrogens is 378 g/mol. The molecule has 30 heavy (non-hydrogen) atoms. The largest absolute Gasteiger partial charge is 0.497 e. The Hall–Kier alpha value is -3.60. The molecule has 1 aliphatic heterocycles. The summed E-state index contributed by atoms with van der Waals surface area (Å²) in [6, 6.07) is 25.6. The molecule has 0 spiro atoms. The van der Waals surface area contributed by atoms with Gasteiger partial charge in [0.25, 0.3) is 0 Å². The second-order valence-electron chi connectivity index (χ2n) is 7.20. The Labute approximate surface area is 175 Å². The third-order valence-corrected chi connectivity index (χ3v) is 5.35. The maximum Gasteiger partial charge on any atom is 0.316 e. The molecule has 4 rings (SSSR count). The first-order chi connectivity index (χ1) is 14.7. The van der Waals surface area contributed by atoms with Crippen molar-refractivity contribution in [2.24, 2.45) is 5.92 Å². The summed E-state index contributed by atoms with van der Waals surface area (Å²) in [5.41, 5.74) is 1.63. The van der Waals surface area contributed by atoms with E-state index in [0.717, 1.165) is 11.3 Å². The van der Waals surface area contributed by atoms with Crippen molar-refractivity contribution >= 4 is 17.6 Å². The number of carbonyl (C=O) groups excluding carboxylic acids is 2. The summed E-state index contributed by atoms with van der Waals surface area (Å²) in [5.74, 6) is 0.382. The quantitative estimate of drug-likeness (QED) is 0.456. The molecule has 1 amide bonds. The van der Waals surface area contributed by atoms with Crippen LogP contribution in [0.2, 0.25) is 0 Å². The number of ether oxygens (including phenoxy) is 2. The van der Waals surface area contributed by atoms with Crippen molar-refractivity contribution in [3.63, 3.8) is 0 Å². The van der Waals surface area contributed by atoms with E-state index >= 15 is 0 Å². The van der Waals surface area contributed by atoms with Gasteiger partial charge in [0.05, 0.1) is 19.1 Å². The van der Waals surface area contributed by atoms with Crippen LogP contribution in [0.5, 0.6) is 11.5 Å². The van der Waals surface area contributed by atoms with Crippen LogP contribution in [-0.4, -0.2) is 19.0 Å². The van der Waals surface area contributed by atoms with E-state index in [-0.39, 0.29) is 18.3 Å². The number of piperidine rings is 1. The van der Waals surface area contributed by atoms with Gasteiger partial charge in [0.1, 0.15) is 11.5 Å². The minimum absolute atomic E-state index is 0.0159. The highest BCUT2D eigenvalue weighted by atomic mass is 16.5. The Bertz CT molecular complexity index is 1000. The van der Waals surface area contributed by atoms with Gasteiger partial charge in [0.2, 0.25) is 5.91 Å². The highest BCUT2D eigenvalue weighted by Crippen LogP contribution is 2.41. The van der Waals surface area contributed by atoms with Crippen LogP contribution < -0.4 is 14.4 Å². The topological polar surface area (TPSA) is 55.8 Å². The monoisotopic (exact) mass is 401 g/mol. The zero-order valence-corrected chi connectivity index (χ0v) is 16.7. The van der Waals surface area contributed by atoms with Crippen molar-refractivity contribution in [2.75, 3.05) is 12.0 Å². The highest BCUT2D eigenvalue weighted by Gasteiger charge is 2.42. The van der Waals surface area contributed by atoms with Crippen molar-refractivity contribution < 1.29 is 19.1 Å². The summed E-state index contributed by atoms with van der Waals surface area (Å²) in [5, 5.41) is 0. The summed E-state index contributed by atoms with van der Waals surface area (Å²) in [7, 11) is 1.60. The molecule has 0 radical (unpaired) electrons. The maximum absolute atomic E-state index is 13.2. The SMILES string of the molecule is COc1ccc(N2C(=O)CC[C@H](C(=O)Oc3ccccc3)[C@@H]2c2ccccc2)cc1. The lowest BCUT2D eigenvalue weighted by molar-refractivity contribution is -0.141. The lowest BCUT2D eigenvalue weighted by Crippen LogP contribution is -2.46. The number of amides is 1. The summed E-state index contributed by atoms with van der Waals surface area (Å²) in [4.78, 5) is 27.9. The molecule has 0 aromatic heterocycles.